The first-order valence-corrected chi connectivity index (χ1v) is 6.09. The van der Waals surface area contributed by atoms with Crippen LogP contribution in [0.4, 0.5) is 5.82 Å². The molecule has 0 radical (unpaired) electrons. The van der Waals surface area contributed by atoms with Gasteiger partial charge < -0.3 is 14.7 Å². The van der Waals surface area contributed by atoms with Crippen LogP contribution in [-0.4, -0.2) is 41.7 Å². The molecule has 2 rings (SSSR count). The normalized spacial score (nSPS) is 22.3. The number of ether oxygens (including phenoxy) is 1. The molecule has 1 aromatic rings. The first-order valence-electron chi connectivity index (χ1n) is 6.09. The predicted octanol–water partition coefficient (Wildman–Crippen LogP) is 1.17. The van der Waals surface area contributed by atoms with Gasteiger partial charge in [-0.15, -0.1) is 0 Å². The van der Waals surface area contributed by atoms with Gasteiger partial charge in [-0.3, -0.25) is 0 Å². The van der Waals surface area contributed by atoms with E-state index in [2.05, 4.69) is 4.98 Å². The van der Waals surface area contributed by atoms with Gasteiger partial charge in [0, 0.05) is 12.7 Å². The van der Waals surface area contributed by atoms with E-state index in [9.17, 15) is 14.7 Å². The number of methoxy groups -OCH3 is 1. The molecular weight excluding hydrogens is 248 g/mol. The molecule has 0 amide bonds. The fourth-order valence-corrected chi connectivity index (χ4v) is 2.46. The van der Waals surface area contributed by atoms with E-state index in [-0.39, 0.29) is 5.92 Å². The summed E-state index contributed by atoms with van der Waals surface area (Å²) in [7, 11) is 1.29. The van der Waals surface area contributed by atoms with Gasteiger partial charge in [-0.05, 0) is 24.5 Å². The third-order valence-corrected chi connectivity index (χ3v) is 3.42. The van der Waals surface area contributed by atoms with Crippen LogP contribution in [0.15, 0.2) is 18.3 Å². The zero-order valence-corrected chi connectivity index (χ0v) is 10.9. The number of aromatic nitrogens is 1. The molecular formula is C13H16N2O4. The zero-order chi connectivity index (χ0) is 14.0. The molecule has 1 aromatic heterocycles. The lowest BCUT2D eigenvalue weighted by atomic mass is 10.0. The van der Waals surface area contributed by atoms with Crippen molar-refractivity contribution in [2.45, 2.75) is 19.4 Å². The number of nitrogens with zero attached hydrogens (tertiary/aromatic N) is 2. The van der Waals surface area contributed by atoms with Gasteiger partial charge in [0.05, 0.1) is 7.11 Å². The van der Waals surface area contributed by atoms with Crippen molar-refractivity contribution in [1.29, 1.82) is 0 Å². The second-order valence-electron chi connectivity index (χ2n) is 4.61. The maximum Gasteiger partial charge on any atom is 0.341 e. The number of hydrogen-bond acceptors (Lipinski definition) is 5. The highest BCUT2D eigenvalue weighted by Gasteiger charge is 2.38. The van der Waals surface area contributed by atoms with Crippen LogP contribution >= 0.6 is 0 Å². The standard InChI is InChI=1S/C13H16N2O4/c1-8-5-7-15(10(8)12(16)17)11-9(13(18)19-2)4-3-6-14-11/h3-4,6,8,10H,5,7H2,1-2H3,(H,16,17). The number of carbonyl (C=O) groups is 2. The number of carboxylic acid groups (broad SMARTS) is 1. The summed E-state index contributed by atoms with van der Waals surface area (Å²) in [5, 5.41) is 9.32. The molecule has 0 saturated carbocycles. The van der Waals surface area contributed by atoms with E-state index in [1.165, 1.54) is 7.11 Å². The molecule has 6 heteroatoms. The van der Waals surface area contributed by atoms with Crippen molar-refractivity contribution in [2.24, 2.45) is 5.92 Å². The van der Waals surface area contributed by atoms with Crippen LogP contribution in [0.5, 0.6) is 0 Å². The summed E-state index contributed by atoms with van der Waals surface area (Å²) in [5.74, 6) is -1.01. The fourth-order valence-electron chi connectivity index (χ4n) is 2.46. The van der Waals surface area contributed by atoms with Gasteiger partial charge in [0.2, 0.25) is 0 Å². The van der Waals surface area contributed by atoms with Crippen LogP contribution in [0.25, 0.3) is 0 Å². The Bertz CT molecular complexity index is 503. The van der Waals surface area contributed by atoms with Crippen LogP contribution < -0.4 is 4.90 Å². The summed E-state index contributed by atoms with van der Waals surface area (Å²) in [6.07, 6.45) is 2.30. The number of rotatable bonds is 3. The van der Waals surface area contributed by atoms with E-state index < -0.39 is 18.0 Å². The molecule has 2 atom stereocenters. The first kappa shape index (κ1) is 13.3. The highest BCUT2D eigenvalue weighted by Crippen LogP contribution is 2.30. The molecule has 2 heterocycles. The van der Waals surface area contributed by atoms with Crippen LogP contribution in [0.3, 0.4) is 0 Å². The minimum absolute atomic E-state index is 0.0185. The highest BCUT2D eigenvalue weighted by atomic mass is 16.5. The number of hydrogen-bond donors (Lipinski definition) is 1. The number of aliphatic carboxylic acids is 1. The molecule has 1 fully saturated rings. The van der Waals surface area contributed by atoms with Crippen molar-refractivity contribution >= 4 is 17.8 Å². The van der Waals surface area contributed by atoms with Gasteiger partial charge in [-0.2, -0.15) is 0 Å². The predicted molar refractivity (Wildman–Crippen MR) is 68.1 cm³/mol. The van der Waals surface area contributed by atoms with Crippen molar-refractivity contribution in [2.75, 3.05) is 18.6 Å². The van der Waals surface area contributed by atoms with E-state index in [0.29, 0.717) is 17.9 Å². The number of carboxylic acids is 1. The van der Waals surface area contributed by atoms with Crippen molar-refractivity contribution in [1.82, 2.24) is 4.98 Å². The molecule has 0 aromatic carbocycles. The number of pyridine rings is 1. The Balaban J connectivity index is 2.41. The summed E-state index contributed by atoms with van der Waals surface area (Å²) in [6.45, 7) is 2.46. The second kappa shape index (κ2) is 5.26. The minimum Gasteiger partial charge on any atom is -0.480 e. The Morgan fingerprint density at radius 3 is 2.89 bits per heavy atom. The van der Waals surface area contributed by atoms with Crippen molar-refractivity contribution < 1.29 is 19.4 Å². The zero-order valence-electron chi connectivity index (χ0n) is 10.9. The molecule has 0 bridgehead atoms. The van der Waals surface area contributed by atoms with Gasteiger partial charge in [-0.1, -0.05) is 6.92 Å². The molecule has 1 N–H and O–H groups in total. The lowest BCUT2D eigenvalue weighted by molar-refractivity contribution is -0.139. The smallest absolute Gasteiger partial charge is 0.341 e. The van der Waals surface area contributed by atoms with Gasteiger partial charge in [0.25, 0.3) is 0 Å². The second-order valence-corrected chi connectivity index (χ2v) is 4.61. The molecule has 1 aliphatic heterocycles. The summed E-state index contributed by atoms with van der Waals surface area (Å²) in [5.41, 5.74) is 0.297. The summed E-state index contributed by atoms with van der Waals surface area (Å²) < 4.78 is 4.71. The quantitative estimate of drug-likeness (QED) is 0.825. The minimum atomic E-state index is -0.897. The van der Waals surface area contributed by atoms with E-state index in [4.69, 9.17) is 4.74 Å². The summed E-state index contributed by atoms with van der Waals surface area (Å²) in [6, 6.07) is 2.57. The Morgan fingerprint density at radius 1 is 1.53 bits per heavy atom. The summed E-state index contributed by atoms with van der Waals surface area (Å²) in [4.78, 5) is 28.9. The maximum absolute atomic E-state index is 11.7. The van der Waals surface area contributed by atoms with Gasteiger partial charge in [0.15, 0.2) is 0 Å². The van der Waals surface area contributed by atoms with Crippen molar-refractivity contribution in [3.63, 3.8) is 0 Å². The third kappa shape index (κ3) is 2.38. The lowest BCUT2D eigenvalue weighted by Crippen LogP contribution is -2.40. The number of carbonyl (C=O) groups excluding carboxylic acids is 1. The van der Waals surface area contributed by atoms with Crippen LogP contribution in [0, 0.1) is 5.92 Å². The molecule has 0 spiro atoms. The third-order valence-electron chi connectivity index (χ3n) is 3.42. The van der Waals surface area contributed by atoms with Crippen LogP contribution in [0.1, 0.15) is 23.7 Å². The Morgan fingerprint density at radius 2 is 2.26 bits per heavy atom. The molecule has 102 valence electrons. The Kier molecular flexibility index (Phi) is 3.69. The van der Waals surface area contributed by atoms with Gasteiger partial charge in [0.1, 0.15) is 17.4 Å². The average molecular weight is 264 g/mol. The lowest BCUT2D eigenvalue weighted by Gasteiger charge is -2.25. The van der Waals surface area contributed by atoms with Crippen molar-refractivity contribution in [3.8, 4) is 0 Å². The van der Waals surface area contributed by atoms with Crippen molar-refractivity contribution in [3.05, 3.63) is 23.9 Å². The van der Waals surface area contributed by atoms with E-state index in [1.54, 1.807) is 23.2 Å². The summed E-state index contributed by atoms with van der Waals surface area (Å²) >= 11 is 0. The van der Waals surface area contributed by atoms with E-state index >= 15 is 0 Å². The topological polar surface area (TPSA) is 79.7 Å². The van der Waals surface area contributed by atoms with Crippen LogP contribution in [-0.2, 0) is 9.53 Å². The fraction of sp³-hybridized carbons (Fsp3) is 0.462. The van der Waals surface area contributed by atoms with Crippen LogP contribution in [0.2, 0.25) is 0 Å². The molecule has 19 heavy (non-hydrogen) atoms. The number of anilines is 1. The van der Waals surface area contributed by atoms with Gasteiger partial charge >= 0.3 is 11.9 Å². The average Bonchev–Trinajstić information content (AvgIpc) is 2.79. The maximum atomic E-state index is 11.7. The molecule has 1 saturated heterocycles. The van der Waals surface area contributed by atoms with Gasteiger partial charge in [-0.25, -0.2) is 14.6 Å². The molecule has 6 nitrogen and oxygen atoms in total. The monoisotopic (exact) mass is 264 g/mol. The SMILES string of the molecule is COC(=O)c1cccnc1N1CCC(C)C1C(=O)O. The Labute approximate surface area is 111 Å². The first-order chi connectivity index (χ1) is 9.06. The van der Waals surface area contributed by atoms with E-state index in [1.807, 2.05) is 6.92 Å². The molecule has 1 aliphatic rings. The Hall–Kier alpha value is -2.11. The molecule has 0 aliphatic carbocycles. The number of esters is 1. The highest BCUT2D eigenvalue weighted by molar-refractivity contribution is 5.95. The largest absolute Gasteiger partial charge is 0.480 e. The molecule has 2 unspecified atom stereocenters. The van der Waals surface area contributed by atoms with E-state index in [0.717, 1.165) is 6.42 Å².